The molecule has 0 unspecified atom stereocenters. The first-order valence-corrected chi connectivity index (χ1v) is 8.77. The Balaban J connectivity index is 1.68. The van der Waals surface area contributed by atoms with E-state index < -0.39 is 5.82 Å². The molecule has 4 nitrogen and oxygen atoms in total. The van der Waals surface area contributed by atoms with Crippen molar-refractivity contribution in [3.63, 3.8) is 0 Å². The maximum absolute atomic E-state index is 13.8. The smallest absolute Gasteiger partial charge is 0.263 e. The fourth-order valence-electron chi connectivity index (χ4n) is 2.83. The van der Waals surface area contributed by atoms with Crippen LogP contribution in [0.5, 0.6) is 0 Å². The van der Waals surface area contributed by atoms with E-state index in [0.29, 0.717) is 32.6 Å². The van der Waals surface area contributed by atoms with Gasteiger partial charge in [-0.15, -0.1) is 11.3 Å². The Bertz CT molecular complexity index is 759. The van der Waals surface area contributed by atoms with E-state index in [9.17, 15) is 14.0 Å². The predicted molar refractivity (Wildman–Crippen MR) is 91.9 cm³/mol. The zero-order chi connectivity index (χ0) is 17.1. The first kappa shape index (κ1) is 16.6. The summed E-state index contributed by atoms with van der Waals surface area (Å²) in [5.74, 6) is -0.809. The van der Waals surface area contributed by atoms with Crippen molar-refractivity contribution < 1.29 is 14.0 Å². The number of rotatable bonds is 2. The normalized spacial score (nSPS) is 15.2. The number of hydrogen-bond acceptors (Lipinski definition) is 3. The second kappa shape index (κ2) is 7.13. The van der Waals surface area contributed by atoms with Crippen LogP contribution in [0.15, 0.2) is 36.4 Å². The van der Waals surface area contributed by atoms with Gasteiger partial charge in [0, 0.05) is 31.1 Å². The van der Waals surface area contributed by atoms with Gasteiger partial charge in [-0.2, -0.15) is 0 Å². The molecule has 0 atom stereocenters. The van der Waals surface area contributed by atoms with E-state index in [1.807, 2.05) is 19.1 Å². The van der Waals surface area contributed by atoms with Crippen LogP contribution in [0.25, 0.3) is 0 Å². The maximum atomic E-state index is 13.8. The molecule has 3 rings (SSSR count). The first-order valence-electron chi connectivity index (χ1n) is 7.96. The SMILES string of the molecule is Cc1ccc(C(=O)N2CCCN(C(=O)c3ccccc3F)CC2)s1. The van der Waals surface area contributed by atoms with Crippen molar-refractivity contribution in [3.8, 4) is 0 Å². The number of thiophene rings is 1. The Kier molecular flexibility index (Phi) is 4.94. The summed E-state index contributed by atoms with van der Waals surface area (Å²) in [5, 5.41) is 0. The molecule has 2 aromatic rings. The van der Waals surface area contributed by atoms with E-state index in [2.05, 4.69) is 0 Å². The molecule has 1 fully saturated rings. The van der Waals surface area contributed by atoms with Gasteiger partial charge in [-0.25, -0.2) is 4.39 Å². The van der Waals surface area contributed by atoms with E-state index in [4.69, 9.17) is 0 Å². The number of amides is 2. The molecule has 1 saturated heterocycles. The van der Waals surface area contributed by atoms with Crippen molar-refractivity contribution in [2.75, 3.05) is 26.2 Å². The molecule has 0 bridgehead atoms. The third-order valence-electron chi connectivity index (χ3n) is 4.13. The van der Waals surface area contributed by atoms with Gasteiger partial charge in [-0.1, -0.05) is 12.1 Å². The maximum Gasteiger partial charge on any atom is 0.263 e. The third-order valence-corrected chi connectivity index (χ3v) is 5.11. The lowest BCUT2D eigenvalue weighted by Gasteiger charge is -2.22. The summed E-state index contributed by atoms with van der Waals surface area (Å²) in [6.07, 6.45) is 0.691. The summed E-state index contributed by atoms with van der Waals surface area (Å²) >= 11 is 1.48. The zero-order valence-electron chi connectivity index (χ0n) is 13.5. The Morgan fingerprint density at radius 3 is 2.25 bits per heavy atom. The summed E-state index contributed by atoms with van der Waals surface area (Å²) in [6, 6.07) is 9.79. The lowest BCUT2D eigenvalue weighted by atomic mass is 10.2. The fraction of sp³-hybridized carbons (Fsp3) is 0.333. The lowest BCUT2D eigenvalue weighted by Crippen LogP contribution is -2.37. The van der Waals surface area contributed by atoms with Crippen LogP contribution < -0.4 is 0 Å². The van der Waals surface area contributed by atoms with Crippen molar-refractivity contribution in [2.45, 2.75) is 13.3 Å². The average Bonchev–Trinajstić information content (AvgIpc) is 2.87. The Labute approximate surface area is 144 Å². The first-order chi connectivity index (χ1) is 11.6. The highest BCUT2D eigenvalue weighted by Crippen LogP contribution is 2.19. The predicted octanol–water partition coefficient (Wildman–Crippen LogP) is 3.18. The largest absolute Gasteiger partial charge is 0.337 e. The van der Waals surface area contributed by atoms with Crippen molar-refractivity contribution in [2.24, 2.45) is 0 Å². The molecule has 24 heavy (non-hydrogen) atoms. The fourth-order valence-corrected chi connectivity index (χ4v) is 3.67. The van der Waals surface area contributed by atoms with Gasteiger partial charge < -0.3 is 9.80 Å². The molecule has 0 spiro atoms. The number of benzene rings is 1. The summed E-state index contributed by atoms with van der Waals surface area (Å²) in [6.45, 7) is 4.00. The molecule has 0 saturated carbocycles. The van der Waals surface area contributed by atoms with E-state index >= 15 is 0 Å². The molecule has 1 aromatic heterocycles. The molecule has 1 aliphatic heterocycles. The molecule has 126 valence electrons. The minimum atomic E-state index is -0.506. The van der Waals surface area contributed by atoms with Crippen LogP contribution in [-0.2, 0) is 0 Å². The Morgan fingerprint density at radius 1 is 0.958 bits per heavy atom. The van der Waals surface area contributed by atoms with Crippen LogP contribution in [0.1, 0.15) is 31.3 Å². The molecule has 6 heteroatoms. The minimum Gasteiger partial charge on any atom is -0.337 e. The highest BCUT2D eigenvalue weighted by atomic mass is 32.1. The second-order valence-electron chi connectivity index (χ2n) is 5.83. The van der Waals surface area contributed by atoms with Crippen LogP contribution in [-0.4, -0.2) is 47.8 Å². The van der Waals surface area contributed by atoms with Gasteiger partial charge in [0.1, 0.15) is 5.82 Å². The number of carbonyl (C=O) groups is 2. The van der Waals surface area contributed by atoms with E-state index in [1.54, 1.807) is 21.9 Å². The lowest BCUT2D eigenvalue weighted by molar-refractivity contribution is 0.0718. The highest BCUT2D eigenvalue weighted by Gasteiger charge is 2.25. The van der Waals surface area contributed by atoms with Crippen molar-refractivity contribution in [1.82, 2.24) is 9.80 Å². The van der Waals surface area contributed by atoms with Gasteiger partial charge in [-0.3, -0.25) is 9.59 Å². The topological polar surface area (TPSA) is 40.6 Å². The monoisotopic (exact) mass is 346 g/mol. The quantitative estimate of drug-likeness (QED) is 0.838. The van der Waals surface area contributed by atoms with Gasteiger partial charge in [-0.05, 0) is 37.6 Å². The number of aryl methyl sites for hydroxylation is 1. The Hall–Kier alpha value is -2.21. The molecule has 2 heterocycles. The molecule has 1 aliphatic rings. The minimum absolute atomic E-state index is 0.00768. The van der Waals surface area contributed by atoms with Crippen LogP contribution in [0.2, 0.25) is 0 Å². The molecule has 1 aromatic carbocycles. The average molecular weight is 346 g/mol. The van der Waals surface area contributed by atoms with E-state index in [1.165, 1.54) is 23.5 Å². The van der Waals surface area contributed by atoms with Gasteiger partial charge in [0.2, 0.25) is 0 Å². The summed E-state index contributed by atoms with van der Waals surface area (Å²) in [5.41, 5.74) is 0.0890. The number of nitrogens with zero attached hydrogens (tertiary/aromatic N) is 2. The van der Waals surface area contributed by atoms with Gasteiger partial charge >= 0.3 is 0 Å². The van der Waals surface area contributed by atoms with Crippen molar-refractivity contribution >= 4 is 23.2 Å². The van der Waals surface area contributed by atoms with Crippen LogP contribution in [0, 0.1) is 12.7 Å². The van der Waals surface area contributed by atoms with Crippen molar-refractivity contribution in [1.29, 1.82) is 0 Å². The standard InChI is InChI=1S/C18H19FN2O2S/c1-13-7-8-16(24-13)18(23)21-10-4-9-20(11-12-21)17(22)14-5-2-3-6-15(14)19/h2-3,5-8H,4,9-12H2,1H3. The molecule has 0 N–H and O–H groups in total. The number of hydrogen-bond donors (Lipinski definition) is 0. The second-order valence-corrected chi connectivity index (χ2v) is 7.12. The van der Waals surface area contributed by atoms with E-state index in [-0.39, 0.29) is 17.4 Å². The molecule has 2 amide bonds. The van der Waals surface area contributed by atoms with Crippen LogP contribution in [0.4, 0.5) is 4.39 Å². The van der Waals surface area contributed by atoms with Crippen LogP contribution in [0.3, 0.4) is 0 Å². The molecular weight excluding hydrogens is 327 g/mol. The zero-order valence-corrected chi connectivity index (χ0v) is 14.3. The number of carbonyl (C=O) groups excluding carboxylic acids is 2. The van der Waals surface area contributed by atoms with Gasteiger partial charge in [0.25, 0.3) is 11.8 Å². The molecular formula is C18H19FN2O2S. The molecule has 0 aliphatic carbocycles. The number of halogens is 1. The molecule has 0 radical (unpaired) electrons. The summed E-state index contributed by atoms with van der Waals surface area (Å²) in [7, 11) is 0. The highest BCUT2D eigenvalue weighted by molar-refractivity contribution is 7.13. The van der Waals surface area contributed by atoms with E-state index in [0.717, 1.165) is 9.75 Å². The summed E-state index contributed by atoms with van der Waals surface area (Å²) < 4.78 is 13.8. The summed E-state index contributed by atoms with van der Waals surface area (Å²) in [4.78, 5) is 30.3. The Morgan fingerprint density at radius 2 is 1.62 bits per heavy atom. The van der Waals surface area contributed by atoms with Crippen LogP contribution >= 0.6 is 11.3 Å². The van der Waals surface area contributed by atoms with Gasteiger partial charge in [0.05, 0.1) is 10.4 Å². The third kappa shape index (κ3) is 3.48. The van der Waals surface area contributed by atoms with Crippen molar-refractivity contribution in [3.05, 3.63) is 57.5 Å². The van der Waals surface area contributed by atoms with Gasteiger partial charge in [0.15, 0.2) is 0 Å².